The third-order valence-corrected chi connectivity index (χ3v) is 5.59. The van der Waals surface area contributed by atoms with Crippen molar-refractivity contribution in [2.45, 2.75) is 0 Å². The summed E-state index contributed by atoms with van der Waals surface area (Å²) < 4.78 is 6.49. The molecule has 8 heteroatoms. The van der Waals surface area contributed by atoms with Gasteiger partial charge in [0, 0.05) is 22.5 Å². The summed E-state index contributed by atoms with van der Waals surface area (Å²) in [5.74, 6) is -0.167. The van der Waals surface area contributed by atoms with Crippen molar-refractivity contribution in [1.29, 1.82) is 0 Å². The highest BCUT2D eigenvalue weighted by Crippen LogP contribution is 2.34. The lowest BCUT2D eigenvalue weighted by molar-refractivity contribution is 0.100. The molecule has 0 atom stereocenters. The SMILES string of the molecule is COc1cccc(C(N)=O)c1-c1ccc2c(=O)n(-c3cncc4ccccc34)c(=O)[nH]c2c1. The molecule has 0 saturated heterocycles. The van der Waals surface area contributed by atoms with Crippen LogP contribution in [0.4, 0.5) is 0 Å². The number of aromatic amines is 1. The quantitative estimate of drug-likeness (QED) is 0.447. The van der Waals surface area contributed by atoms with Crippen molar-refractivity contribution in [3.63, 3.8) is 0 Å². The van der Waals surface area contributed by atoms with Crippen LogP contribution in [0.15, 0.2) is 82.6 Å². The van der Waals surface area contributed by atoms with Crippen LogP contribution in [-0.4, -0.2) is 27.6 Å². The minimum absolute atomic E-state index is 0.270. The zero-order chi connectivity index (χ0) is 23.1. The van der Waals surface area contributed by atoms with E-state index in [9.17, 15) is 14.4 Å². The number of pyridine rings is 1. The summed E-state index contributed by atoms with van der Waals surface area (Å²) in [6.45, 7) is 0. The van der Waals surface area contributed by atoms with Crippen LogP contribution in [0.25, 0.3) is 38.5 Å². The van der Waals surface area contributed by atoms with Gasteiger partial charge in [0.1, 0.15) is 5.75 Å². The van der Waals surface area contributed by atoms with E-state index in [0.29, 0.717) is 33.5 Å². The van der Waals surface area contributed by atoms with Crippen LogP contribution < -0.4 is 21.7 Å². The van der Waals surface area contributed by atoms with E-state index in [2.05, 4.69) is 9.97 Å². The van der Waals surface area contributed by atoms with Gasteiger partial charge in [0.05, 0.1) is 35.5 Å². The first-order chi connectivity index (χ1) is 16.0. The molecular weight excluding hydrogens is 420 g/mol. The van der Waals surface area contributed by atoms with Crippen molar-refractivity contribution in [3.05, 3.63) is 99.5 Å². The maximum absolute atomic E-state index is 13.4. The summed E-state index contributed by atoms with van der Waals surface area (Å²) in [6, 6.07) is 17.3. The molecule has 8 nitrogen and oxygen atoms in total. The van der Waals surface area contributed by atoms with Gasteiger partial charge in [0.2, 0.25) is 5.91 Å². The topological polar surface area (TPSA) is 120 Å². The number of primary amides is 1. The lowest BCUT2D eigenvalue weighted by Crippen LogP contribution is -2.33. The van der Waals surface area contributed by atoms with E-state index >= 15 is 0 Å². The van der Waals surface area contributed by atoms with Gasteiger partial charge in [-0.2, -0.15) is 0 Å². The molecule has 0 fully saturated rings. The molecule has 0 saturated carbocycles. The molecule has 3 aromatic carbocycles. The number of fused-ring (bicyclic) bond motifs is 2. The predicted molar refractivity (Wildman–Crippen MR) is 126 cm³/mol. The lowest BCUT2D eigenvalue weighted by atomic mass is 9.97. The summed E-state index contributed by atoms with van der Waals surface area (Å²) in [4.78, 5) is 45.3. The number of hydrogen-bond acceptors (Lipinski definition) is 5. The minimum atomic E-state index is -0.614. The fraction of sp³-hybridized carbons (Fsp3) is 0.0400. The number of benzene rings is 3. The van der Waals surface area contributed by atoms with Crippen molar-refractivity contribution in [1.82, 2.24) is 14.5 Å². The molecular formula is C25H18N4O4. The van der Waals surface area contributed by atoms with Gasteiger partial charge in [0.25, 0.3) is 5.56 Å². The number of nitrogens with two attached hydrogens (primary N) is 1. The Morgan fingerprint density at radius 1 is 1.00 bits per heavy atom. The number of nitrogens with zero attached hydrogens (tertiary/aromatic N) is 2. The smallest absolute Gasteiger partial charge is 0.333 e. The number of H-pyrrole nitrogens is 1. The Hall–Kier alpha value is -4.72. The zero-order valence-electron chi connectivity index (χ0n) is 17.5. The molecule has 33 heavy (non-hydrogen) atoms. The zero-order valence-corrected chi connectivity index (χ0v) is 17.5. The maximum Gasteiger partial charge on any atom is 0.333 e. The molecule has 162 valence electrons. The van der Waals surface area contributed by atoms with Crippen molar-refractivity contribution < 1.29 is 9.53 Å². The molecule has 0 bridgehead atoms. The highest BCUT2D eigenvalue weighted by atomic mass is 16.5. The number of rotatable bonds is 4. The molecule has 0 spiro atoms. The van der Waals surface area contributed by atoms with Crippen molar-refractivity contribution >= 4 is 27.6 Å². The van der Waals surface area contributed by atoms with Crippen LogP contribution >= 0.6 is 0 Å². The fourth-order valence-corrected chi connectivity index (χ4v) is 4.08. The van der Waals surface area contributed by atoms with Gasteiger partial charge in [-0.1, -0.05) is 36.4 Å². The number of amides is 1. The Morgan fingerprint density at radius 3 is 2.61 bits per heavy atom. The Bertz CT molecular complexity index is 1680. The second kappa shape index (κ2) is 7.76. The molecule has 5 rings (SSSR count). The van der Waals surface area contributed by atoms with E-state index in [1.54, 1.807) is 42.6 Å². The third kappa shape index (κ3) is 3.25. The Labute approximate surface area is 186 Å². The number of ether oxygens (including phenoxy) is 1. The van der Waals surface area contributed by atoms with Gasteiger partial charge in [-0.25, -0.2) is 9.36 Å². The molecule has 0 unspecified atom stereocenters. The lowest BCUT2D eigenvalue weighted by Gasteiger charge is -2.13. The number of nitrogens with one attached hydrogen (secondary N) is 1. The molecule has 2 aromatic heterocycles. The van der Waals surface area contributed by atoms with Gasteiger partial charge in [-0.3, -0.25) is 14.6 Å². The standard InChI is InChI=1S/C25H18N4O4/c1-33-21-8-4-7-18(23(26)30)22(21)14-9-10-17-19(11-14)28-25(32)29(24(17)31)20-13-27-12-15-5-2-3-6-16(15)20/h2-13H,1H3,(H2,26,30)(H,28,32). The first-order valence-corrected chi connectivity index (χ1v) is 10.1. The highest BCUT2D eigenvalue weighted by Gasteiger charge is 2.18. The normalized spacial score (nSPS) is 11.1. The first-order valence-electron chi connectivity index (χ1n) is 10.1. The van der Waals surface area contributed by atoms with Crippen LogP contribution in [0.5, 0.6) is 5.75 Å². The van der Waals surface area contributed by atoms with Gasteiger partial charge in [-0.15, -0.1) is 0 Å². The maximum atomic E-state index is 13.4. The molecule has 5 aromatic rings. The average molecular weight is 438 g/mol. The summed E-state index contributed by atoms with van der Waals surface area (Å²) in [5, 5.41) is 1.85. The summed E-state index contributed by atoms with van der Waals surface area (Å²) in [6.07, 6.45) is 3.17. The predicted octanol–water partition coefficient (Wildman–Crippen LogP) is 3.00. The highest BCUT2D eigenvalue weighted by molar-refractivity contribution is 6.02. The summed E-state index contributed by atoms with van der Waals surface area (Å²) in [7, 11) is 1.49. The monoisotopic (exact) mass is 438 g/mol. The van der Waals surface area contributed by atoms with Gasteiger partial charge in [0.15, 0.2) is 0 Å². The van der Waals surface area contributed by atoms with E-state index in [1.165, 1.54) is 13.3 Å². The van der Waals surface area contributed by atoms with Crippen molar-refractivity contribution in [2.24, 2.45) is 5.73 Å². The number of carbonyl (C=O) groups excluding carboxylic acids is 1. The van der Waals surface area contributed by atoms with E-state index in [0.717, 1.165) is 15.3 Å². The van der Waals surface area contributed by atoms with Crippen molar-refractivity contribution in [2.75, 3.05) is 7.11 Å². The minimum Gasteiger partial charge on any atom is -0.496 e. The van der Waals surface area contributed by atoms with Crippen LogP contribution in [0.2, 0.25) is 0 Å². The number of aromatic nitrogens is 3. The first kappa shape index (κ1) is 20.2. The second-order valence-corrected chi connectivity index (χ2v) is 7.46. The van der Waals surface area contributed by atoms with E-state index in [-0.39, 0.29) is 5.56 Å². The van der Waals surface area contributed by atoms with Crippen LogP contribution in [0.1, 0.15) is 10.4 Å². The molecule has 0 radical (unpaired) electrons. The van der Waals surface area contributed by atoms with Gasteiger partial charge < -0.3 is 15.5 Å². The van der Waals surface area contributed by atoms with E-state index in [4.69, 9.17) is 10.5 Å². The number of methoxy groups -OCH3 is 1. The fourth-order valence-electron chi connectivity index (χ4n) is 4.08. The average Bonchev–Trinajstić information content (AvgIpc) is 2.83. The molecule has 0 aliphatic heterocycles. The number of hydrogen-bond donors (Lipinski definition) is 2. The largest absolute Gasteiger partial charge is 0.496 e. The van der Waals surface area contributed by atoms with Crippen LogP contribution in [-0.2, 0) is 0 Å². The van der Waals surface area contributed by atoms with Crippen molar-refractivity contribution in [3.8, 4) is 22.6 Å². The molecule has 0 aliphatic rings. The van der Waals surface area contributed by atoms with Gasteiger partial charge in [-0.05, 0) is 29.8 Å². The summed E-state index contributed by atoms with van der Waals surface area (Å²) in [5.41, 5.74) is 6.53. The Kier molecular flexibility index (Phi) is 4.75. The Morgan fingerprint density at radius 2 is 1.82 bits per heavy atom. The van der Waals surface area contributed by atoms with E-state index < -0.39 is 17.2 Å². The van der Waals surface area contributed by atoms with Crippen LogP contribution in [0, 0.1) is 0 Å². The second-order valence-electron chi connectivity index (χ2n) is 7.46. The Balaban J connectivity index is 1.77. The molecule has 3 N–H and O–H groups in total. The summed E-state index contributed by atoms with van der Waals surface area (Å²) >= 11 is 0. The number of carbonyl (C=O) groups is 1. The third-order valence-electron chi connectivity index (χ3n) is 5.59. The van der Waals surface area contributed by atoms with Crippen LogP contribution in [0.3, 0.4) is 0 Å². The molecule has 2 heterocycles. The van der Waals surface area contributed by atoms with Gasteiger partial charge >= 0.3 is 5.69 Å². The molecule has 0 aliphatic carbocycles. The van der Waals surface area contributed by atoms with E-state index in [1.807, 2.05) is 24.3 Å². The molecule has 1 amide bonds.